The minimum atomic E-state index is -0.213. The smallest absolute Gasteiger partial charge is 0.248 e. The molecule has 0 saturated heterocycles. The second-order valence-corrected chi connectivity index (χ2v) is 4.79. The van der Waals surface area contributed by atoms with Crippen LogP contribution >= 0.6 is 0 Å². The van der Waals surface area contributed by atoms with Crippen LogP contribution in [-0.2, 0) is 11.3 Å². The average molecular weight is 309 g/mol. The number of hydrogen-bond acceptors (Lipinski definition) is 5. The molecule has 2 aromatic carbocycles. The van der Waals surface area contributed by atoms with Gasteiger partial charge in [0, 0.05) is 11.3 Å². The number of rotatable bonds is 5. The van der Waals surface area contributed by atoms with Gasteiger partial charge in [-0.25, -0.2) is 0 Å². The maximum Gasteiger partial charge on any atom is 0.248 e. The number of nitrogens with one attached hydrogen (secondary N) is 1. The molecule has 116 valence electrons. The summed E-state index contributed by atoms with van der Waals surface area (Å²) >= 11 is 0. The van der Waals surface area contributed by atoms with E-state index in [4.69, 9.17) is 4.74 Å². The Kier molecular flexibility index (Phi) is 4.28. The number of methoxy groups -OCH3 is 1. The van der Waals surface area contributed by atoms with Crippen molar-refractivity contribution in [2.24, 2.45) is 0 Å². The maximum absolute atomic E-state index is 12.0. The minimum Gasteiger partial charge on any atom is -0.497 e. The Bertz CT molecular complexity index is 784. The van der Waals surface area contributed by atoms with Gasteiger partial charge in [-0.1, -0.05) is 18.2 Å². The summed E-state index contributed by atoms with van der Waals surface area (Å²) < 4.78 is 5.10. The molecule has 0 saturated carbocycles. The third-order valence-electron chi connectivity index (χ3n) is 3.14. The van der Waals surface area contributed by atoms with E-state index in [0.29, 0.717) is 5.82 Å². The van der Waals surface area contributed by atoms with Gasteiger partial charge in [-0.15, -0.1) is 10.2 Å². The van der Waals surface area contributed by atoms with E-state index in [0.717, 1.165) is 17.0 Å². The number of hydrogen-bond donors (Lipinski definition) is 1. The number of benzene rings is 2. The number of amides is 1. The molecule has 0 aliphatic rings. The number of carbonyl (C=O) groups excluding carboxylic acids is 1. The van der Waals surface area contributed by atoms with E-state index in [-0.39, 0.29) is 12.5 Å². The monoisotopic (exact) mass is 309 g/mol. The summed E-state index contributed by atoms with van der Waals surface area (Å²) in [7, 11) is 1.61. The summed E-state index contributed by atoms with van der Waals surface area (Å²) in [6.45, 7) is -0.00194. The lowest BCUT2D eigenvalue weighted by Gasteiger charge is -2.03. The zero-order valence-electron chi connectivity index (χ0n) is 12.5. The van der Waals surface area contributed by atoms with Gasteiger partial charge in [-0.05, 0) is 41.6 Å². The van der Waals surface area contributed by atoms with E-state index in [1.807, 2.05) is 54.6 Å². The van der Waals surface area contributed by atoms with E-state index in [1.54, 1.807) is 7.11 Å². The van der Waals surface area contributed by atoms with Crippen molar-refractivity contribution >= 4 is 11.6 Å². The molecule has 0 unspecified atom stereocenters. The second kappa shape index (κ2) is 6.69. The predicted molar refractivity (Wildman–Crippen MR) is 84.9 cm³/mol. The van der Waals surface area contributed by atoms with Gasteiger partial charge in [-0.3, -0.25) is 4.79 Å². The topological polar surface area (TPSA) is 81.9 Å². The number of aromatic nitrogens is 4. The van der Waals surface area contributed by atoms with Crippen LogP contribution in [0.1, 0.15) is 0 Å². The lowest BCUT2D eigenvalue weighted by atomic mass is 10.2. The Balaban J connectivity index is 1.65. The largest absolute Gasteiger partial charge is 0.497 e. The molecule has 3 aromatic rings. The average Bonchev–Trinajstić information content (AvgIpc) is 3.04. The highest BCUT2D eigenvalue weighted by molar-refractivity contribution is 5.90. The van der Waals surface area contributed by atoms with Crippen molar-refractivity contribution in [2.45, 2.75) is 6.54 Å². The van der Waals surface area contributed by atoms with Crippen LogP contribution in [0.5, 0.6) is 5.75 Å². The molecule has 1 N–H and O–H groups in total. The Morgan fingerprint density at radius 2 is 1.87 bits per heavy atom. The molecule has 1 amide bonds. The van der Waals surface area contributed by atoms with Crippen LogP contribution < -0.4 is 10.1 Å². The first-order valence-electron chi connectivity index (χ1n) is 7.02. The molecule has 0 fully saturated rings. The fraction of sp³-hybridized carbons (Fsp3) is 0.125. The van der Waals surface area contributed by atoms with E-state index >= 15 is 0 Å². The van der Waals surface area contributed by atoms with Crippen molar-refractivity contribution in [3.8, 4) is 17.1 Å². The van der Waals surface area contributed by atoms with Crippen LogP contribution in [0, 0.1) is 0 Å². The fourth-order valence-corrected chi connectivity index (χ4v) is 2.02. The first kappa shape index (κ1) is 14.7. The van der Waals surface area contributed by atoms with Crippen LogP contribution in [0.4, 0.5) is 5.69 Å². The first-order valence-corrected chi connectivity index (χ1v) is 7.02. The Hall–Kier alpha value is -3.22. The summed E-state index contributed by atoms with van der Waals surface area (Å²) in [5, 5.41) is 14.8. The Morgan fingerprint density at radius 3 is 2.57 bits per heavy atom. The van der Waals surface area contributed by atoms with Crippen molar-refractivity contribution in [1.82, 2.24) is 20.2 Å². The summed E-state index contributed by atoms with van der Waals surface area (Å²) in [5.74, 6) is 0.999. The number of anilines is 1. The Morgan fingerprint density at radius 1 is 1.13 bits per heavy atom. The number of para-hydroxylation sites is 1. The van der Waals surface area contributed by atoms with Crippen molar-refractivity contribution in [3.63, 3.8) is 0 Å². The first-order chi connectivity index (χ1) is 11.2. The third-order valence-corrected chi connectivity index (χ3v) is 3.14. The van der Waals surface area contributed by atoms with Gasteiger partial charge in [0.15, 0.2) is 0 Å². The van der Waals surface area contributed by atoms with E-state index in [2.05, 4.69) is 20.7 Å². The van der Waals surface area contributed by atoms with Crippen LogP contribution in [0.3, 0.4) is 0 Å². The molecule has 7 nitrogen and oxygen atoms in total. The van der Waals surface area contributed by atoms with E-state index in [9.17, 15) is 4.79 Å². The molecular weight excluding hydrogens is 294 g/mol. The van der Waals surface area contributed by atoms with Crippen LogP contribution in [0.15, 0.2) is 54.6 Å². The molecule has 1 aromatic heterocycles. The summed E-state index contributed by atoms with van der Waals surface area (Å²) in [5.41, 5.74) is 1.54. The van der Waals surface area contributed by atoms with Gasteiger partial charge in [0.25, 0.3) is 0 Å². The zero-order chi connectivity index (χ0) is 16.1. The van der Waals surface area contributed by atoms with Gasteiger partial charge >= 0.3 is 0 Å². The number of carbonyl (C=O) groups is 1. The highest BCUT2D eigenvalue weighted by Gasteiger charge is 2.09. The third kappa shape index (κ3) is 3.70. The zero-order valence-corrected chi connectivity index (χ0v) is 12.5. The van der Waals surface area contributed by atoms with Crippen molar-refractivity contribution in [1.29, 1.82) is 0 Å². The molecule has 0 aliphatic carbocycles. The number of nitrogens with zero attached hydrogens (tertiary/aromatic N) is 4. The standard InChI is InChI=1S/C16H15N5O2/c1-23-14-9-7-12(8-10-14)16-18-20-21(19-16)11-15(22)17-13-5-3-2-4-6-13/h2-10H,11H2,1H3,(H,17,22). The minimum absolute atomic E-state index is 0.00194. The molecule has 0 aliphatic heterocycles. The molecule has 3 rings (SSSR count). The normalized spacial score (nSPS) is 10.3. The molecular formula is C16H15N5O2. The lowest BCUT2D eigenvalue weighted by molar-refractivity contribution is -0.117. The Labute approximate surface area is 132 Å². The van der Waals surface area contributed by atoms with Crippen molar-refractivity contribution in [2.75, 3.05) is 12.4 Å². The van der Waals surface area contributed by atoms with Crippen molar-refractivity contribution in [3.05, 3.63) is 54.6 Å². The molecule has 0 bridgehead atoms. The van der Waals surface area contributed by atoms with Gasteiger partial charge in [-0.2, -0.15) is 4.80 Å². The van der Waals surface area contributed by atoms with Crippen LogP contribution in [-0.4, -0.2) is 33.2 Å². The molecule has 1 heterocycles. The predicted octanol–water partition coefficient (Wildman–Crippen LogP) is 1.99. The molecule has 0 radical (unpaired) electrons. The fourth-order valence-electron chi connectivity index (χ4n) is 2.02. The van der Waals surface area contributed by atoms with Crippen molar-refractivity contribution < 1.29 is 9.53 Å². The summed E-state index contributed by atoms with van der Waals surface area (Å²) in [6.07, 6.45) is 0. The van der Waals surface area contributed by atoms with E-state index in [1.165, 1.54) is 4.80 Å². The lowest BCUT2D eigenvalue weighted by Crippen LogP contribution is -2.20. The summed E-state index contributed by atoms with van der Waals surface area (Å²) in [4.78, 5) is 13.2. The number of tetrazole rings is 1. The second-order valence-electron chi connectivity index (χ2n) is 4.79. The van der Waals surface area contributed by atoms with Gasteiger partial charge in [0.2, 0.25) is 11.7 Å². The molecule has 0 spiro atoms. The molecule has 7 heteroatoms. The highest BCUT2D eigenvalue weighted by atomic mass is 16.5. The van der Waals surface area contributed by atoms with Gasteiger partial charge in [0.1, 0.15) is 12.3 Å². The molecule has 23 heavy (non-hydrogen) atoms. The molecule has 0 atom stereocenters. The van der Waals surface area contributed by atoms with E-state index < -0.39 is 0 Å². The SMILES string of the molecule is COc1ccc(-c2nnn(CC(=O)Nc3ccccc3)n2)cc1. The van der Waals surface area contributed by atoms with Crippen LogP contribution in [0.25, 0.3) is 11.4 Å². The van der Waals surface area contributed by atoms with Gasteiger partial charge in [0.05, 0.1) is 7.11 Å². The number of ether oxygens (including phenoxy) is 1. The maximum atomic E-state index is 12.0. The summed E-state index contributed by atoms with van der Waals surface area (Å²) in [6, 6.07) is 16.5. The highest BCUT2D eigenvalue weighted by Crippen LogP contribution is 2.18. The van der Waals surface area contributed by atoms with Gasteiger partial charge < -0.3 is 10.1 Å². The van der Waals surface area contributed by atoms with Crippen LogP contribution in [0.2, 0.25) is 0 Å². The quantitative estimate of drug-likeness (QED) is 0.779.